The van der Waals surface area contributed by atoms with E-state index >= 15 is 0 Å². The quantitative estimate of drug-likeness (QED) is 0.623. The molecule has 0 radical (unpaired) electrons. The Labute approximate surface area is 118 Å². The lowest BCUT2D eigenvalue weighted by Crippen LogP contribution is -2.52. The molecule has 0 bridgehead atoms. The molecule has 20 heavy (non-hydrogen) atoms. The highest BCUT2D eigenvalue weighted by atomic mass is 32.2. The molecule has 0 aromatic rings. The number of hydrogen-bond acceptors (Lipinski definition) is 4. The third-order valence-electron chi connectivity index (χ3n) is 3.10. The molecule has 0 aromatic carbocycles. The van der Waals surface area contributed by atoms with Crippen LogP contribution in [0.3, 0.4) is 0 Å². The van der Waals surface area contributed by atoms with Crippen LogP contribution < -0.4 is 0 Å². The van der Waals surface area contributed by atoms with E-state index < -0.39 is 38.3 Å². The maximum atomic E-state index is 13.8. The normalized spacial score (nSPS) is 15.8. The Morgan fingerprint density at radius 1 is 1.20 bits per heavy atom. The zero-order chi connectivity index (χ0) is 16.6. The highest BCUT2D eigenvalue weighted by Gasteiger charge is 2.59. The van der Waals surface area contributed by atoms with Gasteiger partial charge in [0.05, 0.1) is 5.41 Å². The Bertz CT molecular complexity index is 463. The van der Waals surface area contributed by atoms with Gasteiger partial charge < -0.3 is 4.74 Å². The molecule has 0 spiro atoms. The number of halogens is 2. The number of alkyl halides is 2. The van der Waals surface area contributed by atoms with Crippen molar-refractivity contribution >= 4 is 16.1 Å². The molecule has 0 heterocycles. The molecule has 5 nitrogen and oxygen atoms in total. The zero-order valence-electron chi connectivity index (χ0n) is 12.5. The lowest BCUT2D eigenvalue weighted by molar-refractivity contribution is -0.184. The lowest BCUT2D eigenvalue weighted by atomic mass is 9.87. The van der Waals surface area contributed by atoms with Gasteiger partial charge in [-0.1, -0.05) is 27.7 Å². The first-order valence-electron chi connectivity index (χ1n) is 6.13. The Morgan fingerprint density at radius 2 is 1.60 bits per heavy atom. The van der Waals surface area contributed by atoms with Crippen molar-refractivity contribution in [3.8, 4) is 0 Å². The average molecular weight is 316 g/mol. The van der Waals surface area contributed by atoms with Gasteiger partial charge in [-0.05, 0) is 20.3 Å². The summed E-state index contributed by atoms with van der Waals surface area (Å²) in [5.41, 5.74) is -2.41. The van der Waals surface area contributed by atoms with E-state index in [2.05, 4.69) is 0 Å². The Hall–Kier alpha value is -0.760. The molecular weight excluding hydrogens is 294 g/mol. The summed E-state index contributed by atoms with van der Waals surface area (Å²) in [4.78, 5) is 11.9. The SMILES string of the molecule is CCC(C)(C)C(=O)OC(C(C)(C)C)C(F)(F)S(=O)(=O)O. The van der Waals surface area contributed by atoms with Crippen molar-refractivity contribution in [1.29, 1.82) is 0 Å². The van der Waals surface area contributed by atoms with E-state index in [-0.39, 0.29) is 0 Å². The van der Waals surface area contributed by atoms with Gasteiger partial charge >= 0.3 is 21.3 Å². The van der Waals surface area contributed by atoms with Crippen LogP contribution in [0.1, 0.15) is 48.0 Å². The van der Waals surface area contributed by atoms with Gasteiger partial charge in [-0.2, -0.15) is 17.2 Å². The minimum Gasteiger partial charge on any atom is -0.454 e. The number of ether oxygens (including phenoxy) is 1. The van der Waals surface area contributed by atoms with Crippen LogP contribution in [0.2, 0.25) is 0 Å². The molecule has 0 amide bonds. The van der Waals surface area contributed by atoms with Crippen molar-refractivity contribution in [1.82, 2.24) is 0 Å². The van der Waals surface area contributed by atoms with Crippen molar-refractivity contribution < 1.29 is 31.3 Å². The summed E-state index contributed by atoms with van der Waals surface area (Å²) in [7, 11) is -5.69. The summed E-state index contributed by atoms with van der Waals surface area (Å²) in [6.07, 6.45) is -1.96. The second-order valence-corrected chi connectivity index (χ2v) is 7.92. The van der Waals surface area contributed by atoms with E-state index in [0.717, 1.165) is 0 Å². The Morgan fingerprint density at radius 3 is 1.85 bits per heavy atom. The minimum absolute atomic E-state index is 0.333. The monoisotopic (exact) mass is 316 g/mol. The molecule has 1 N–H and O–H groups in total. The van der Waals surface area contributed by atoms with Gasteiger partial charge in [0.15, 0.2) is 6.10 Å². The largest absolute Gasteiger partial charge is 0.454 e. The number of rotatable bonds is 5. The van der Waals surface area contributed by atoms with Gasteiger partial charge in [0, 0.05) is 5.41 Å². The minimum atomic E-state index is -5.69. The molecule has 0 aliphatic heterocycles. The first-order chi connectivity index (χ1) is 8.57. The van der Waals surface area contributed by atoms with Gasteiger partial charge in [0.1, 0.15) is 0 Å². The van der Waals surface area contributed by atoms with Crippen molar-refractivity contribution in [2.45, 2.75) is 59.3 Å². The fraction of sp³-hybridized carbons (Fsp3) is 0.917. The van der Waals surface area contributed by atoms with Crippen molar-refractivity contribution in [3.63, 3.8) is 0 Å². The number of carbonyl (C=O) groups is 1. The summed E-state index contributed by atoms with van der Waals surface area (Å²) in [5.74, 6) is -0.941. The molecule has 0 aliphatic rings. The number of carbonyl (C=O) groups excluding carboxylic acids is 1. The van der Waals surface area contributed by atoms with Crippen LogP contribution in [-0.4, -0.2) is 30.3 Å². The first-order valence-corrected chi connectivity index (χ1v) is 7.57. The zero-order valence-corrected chi connectivity index (χ0v) is 13.3. The van der Waals surface area contributed by atoms with Crippen molar-refractivity contribution in [2.24, 2.45) is 10.8 Å². The van der Waals surface area contributed by atoms with Crippen LogP contribution in [0.4, 0.5) is 8.78 Å². The Balaban J connectivity index is 5.62. The summed E-state index contributed by atoms with van der Waals surface area (Å²) >= 11 is 0. The summed E-state index contributed by atoms with van der Waals surface area (Å²) in [6, 6.07) is 0. The maximum absolute atomic E-state index is 13.8. The van der Waals surface area contributed by atoms with E-state index in [9.17, 15) is 22.0 Å². The molecule has 1 atom stereocenters. The van der Waals surface area contributed by atoms with Crippen LogP contribution in [0.25, 0.3) is 0 Å². The van der Waals surface area contributed by atoms with Crippen molar-refractivity contribution in [3.05, 3.63) is 0 Å². The summed E-state index contributed by atoms with van der Waals surface area (Å²) in [5, 5.41) is -4.58. The molecule has 8 heteroatoms. The third kappa shape index (κ3) is 4.12. The van der Waals surface area contributed by atoms with E-state index in [0.29, 0.717) is 6.42 Å². The third-order valence-corrected chi connectivity index (χ3v) is 4.00. The topological polar surface area (TPSA) is 80.7 Å². The molecule has 0 saturated carbocycles. The standard InChI is InChI=1S/C12H22F2O5S/c1-7-11(5,6)9(15)19-8(10(2,3)4)12(13,14)20(16,17)18/h8H,7H2,1-6H3,(H,16,17,18). The highest BCUT2D eigenvalue weighted by molar-refractivity contribution is 7.86. The molecule has 0 rings (SSSR count). The van der Waals surface area contributed by atoms with Crippen LogP contribution in [0.15, 0.2) is 0 Å². The molecule has 0 aromatic heterocycles. The van der Waals surface area contributed by atoms with Gasteiger partial charge in [0.2, 0.25) is 0 Å². The fourth-order valence-corrected chi connectivity index (χ4v) is 1.97. The lowest BCUT2D eigenvalue weighted by Gasteiger charge is -2.36. The first kappa shape index (κ1) is 19.2. The van der Waals surface area contributed by atoms with Gasteiger partial charge in [0.25, 0.3) is 0 Å². The summed E-state index contributed by atoms with van der Waals surface area (Å²) in [6.45, 7) is 8.56. The fourth-order valence-electron chi connectivity index (χ4n) is 1.30. The smallest absolute Gasteiger partial charge is 0.406 e. The van der Waals surface area contributed by atoms with E-state index in [1.54, 1.807) is 6.92 Å². The number of hydrogen-bond donors (Lipinski definition) is 1. The predicted molar refractivity (Wildman–Crippen MR) is 69.9 cm³/mol. The molecule has 0 saturated heterocycles. The van der Waals surface area contributed by atoms with Crippen LogP contribution in [-0.2, 0) is 19.6 Å². The molecule has 120 valence electrons. The maximum Gasteiger partial charge on any atom is 0.406 e. The molecule has 0 fully saturated rings. The van der Waals surface area contributed by atoms with Crippen LogP contribution >= 0.6 is 0 Å². The summed E-state index contributed by atoms with van der Waals surface area (Å²) < 4.78 is 62.8. The van der Waals surface area contributed by atoms with Gasteiger partial charge in [-0.3, -0.25) is 9.35 Å². The predicted octanol–water partition coefficient (Wildman–Crippen LogP) is 2.86. The van der Waals surface area contributed by atoms with Gasteiger partial charge in [-0.25, -0.2) is 0 Å². The van der Waals surface area contributed by atoms with E-state index in [1.165, 1.54) is 34.6 Å². The molecule has 1 unspecified atom stereocenters. The van der Waals surface area contributed by atoms with Crippen LogP contribution in [0, 0.1) is 10.8 Å². The molecule has 0 aliphatic carbocycles. The van der Waals surface area contributed by atoms with E-state index in [4.69, 9.17) is 9.29 Å². The second-order valence-electron chi connectivity index (χ2n) is 6.43. The highest BCUT2D eigenvalue weighted by Crippen LogP contribution is 2.39. The Kier molecular flexibility index (Phi) is 5.34. The average Bonchev–Trinajstić information content (AvgIpc) is 2.21. The van der Waals surface area contributed by atoms with Crippen LogP contribution in [0.5, 0.6) is 0 Å². The molecular formula is C12H22F2O5S. The number of esters is 1. The second kappa shape index (κ2) is 5.55. The van der Waals surface area contributed by atoms with Crippen molar-refractivity contribution in [2.75, 3.05) is 0 Å². The van der Waals surface area contributed by atoms with Gasteiger partial charge in [-0.15, -0.1) is 0 Å². The van der Waals surface area contributed by atoms with E-state index in [1.807, 2.05) is 0 Å².